The number of alkyl halides is 3. The fourth-order valence-electron chi connectivity index (χ4n) is 3.76. The molecule has 4 heterocycles. The number of likely N-dealkylation sites (tertiary alicyclic amines) is 1. The van der Waals surface area contributed by atoms with E-state index < -0.39 is 24.3 Å². The van der Waals surface area contributed by atoms with Gasteiger partial charge in [0.1, 0.15) is 29.4 Å². The van der Waals surface area contributed by atoms with E-state index in [9.17, 15) is 22.4 Å². The standard InChI is InChI=1S/C20H20F4N6O/c1-28(14-3-2-8-29(12-14)18(31)9-20(22,23)24)17-6-7-25-19(27-17)15-10-26-16-5-4-13(21)11-30(15)16/h4-7,10-11,14H,2-3,8-9,12H2,1H3/t14-/m1/s1. The molecule has 1 amide bonds. The summed E-state index contributed by atoms with van der Waals surface area (Å²) in [5, 5.41) is 0. The Hall–Kier alpha value is -3.24. The van der Waals surface area contributed by atoms with Gasteiger partial charge in [0.25, 0.3) is 0 Å². The van der Waals surface area contributed by atoms with Gasteiger partial charge in [-0.1, -0.05) is 0 Å². The minimum Gasteiger partial charge on any atom is -0.355 e. The minimum absolute atomic E-state index is 0.186. The summed E-state index contributed by atoms with van der Waals surface area (Å²) in [5.41, 5.74) is 1.06. The number of carbonyl (C=O) groups excluding carboxylic acids is 1. The van der Waals surface area contributed by atoms with Gasteiger partial charge in [0, 0.05) is 38.6 Å². The Bertz CT molecular complexity index is 1100. The normalized spacial score (nSPS) is 17.2. The van der Waals surface area contributed by atoms with Gasteiger partial charge in [0.15, 0.2) is 5.82 Å². The molecule has 0 aromatic carbocycles. The lowest BCUT2D eigenvalue weighted by molar-refractivity contribution is -0.162. The summed E-state index contributed by atoms with van der Waals surface area (Å²) < 4.78 is 53.0. The monoisotopic (exact) mass is 436 g/mol. The number of carbonyl (C=O) groups is 1. The first kappa shape index (κ1) is 21.0. The smallest absolute Gasteiger partial charge is 0.355 e. The zero-order valence-corrected chi connectivity index (χ0v) is 16.7. The zero-order valence-electron chi connectivity index (χ0n) is 16.7. The highest BCUT2D eigenvalue weighted by Gasteiger charge is 2.35. The third kappa shape index (κ3) is 4.59. The van der Waals surface area contributed by atoms with Gasteiger partial charge in [-0.2, -0.15) is 13.2 Å². The van der Waals surface area contributed by atoms with Crippen molar-refractivity contribution in [1.82, 2.24) is 24.3 Å². The highest BCUT2D eigenvalue weighted by Crippen LogP contribution is 2.26. The maximum absolute atomic E-state index is 13.7. The Morgan fingerprint density at radius 2 is 2.06 bits per heavy atom. The molecule has 0 spiro atoms. The van der Waals surface area contributed by atoms with Crippen LogP contribution in [0.4, 0.5) is 23.4 Å². The Morgan fingerprint density at radius 3 is 2.84 bits per heavy atom. The summed E-state index contributed by atoms with van der Waals surface area (Å²) in [6, 6.07) is 4.35. The third-order valence-corrected chi connectivity index (χ3v) is 5.35. The van der Waals surface area contributed by atoms with E-state index in [1.165, 1.54) is 17.2 Å². The SMILES string of the molecule is CN(c1ccnc(-c2cnc3ccc(F)cn23)n1)[C@@H]1CCCN(C(=O)CC(F)(F)F)C1. The second-order valence-corrected chi connectivity index (χ2v) is 7.50. The lowest BCUT2D eigenvalue weighted by atomic mass is 10.0. The lowest BCUT2D eigenvalue weighted by Gasteiger charge is -2.38. The van der Waals surface area contributed by atoms with Gasteiger partial charge in [0.05, 0.1) is 6.20 Å². The Kier molecular flexibility index (Phi) is 5.50. The number of piperidine rings is 1. The number of fused-ring (bicyclic) bond motifs is 1. The number of anilines is 1. The van der Waals surface area contributed by atoms with Crippen LogP contribution in [0, 0.1) is 5.82 Å². The van der Waals surface area contributed by atoms with E-state index >= 15 is 0 Å². The molecule has 0 unspecified atom stereocenters. The van der Waals surface area contributed by atoms with Gasteiger partial charge in [-0.15, -0.1) is 0 Å². The molecule has 1 atom stereocenters. The molecule has 0 radical (unpaired) electrons. The van der Waals surface area contributed by atoms with Crippen LogP contribution in [0.3, 0.4) is 0 Å². The van der Waals surface area contributed by atoms with Gasteiger partial charge in [-0.3, -0.25) is 9.20 Å². The average Bonchev–Trinajstić information content (AvgIpc) is 3.15. The van der Waals surface area contributed by atoms with Crippen molar-refractivity contribution < 1.29 is 22.4 Å². The van der Waals surface area contributed by atoms with Crippen molar-refractivity contribution in [1.29, 1.82) is 0 Å². The number of amides is 1. The van der Waals surface area contributed by atoms with Crippen molar-refractivity contribution in [3.05, 3.63) is 42.6 Å². The number of hydrogen-bond acceptors (Lipinski definition) is 5. The van der Waals surface area contributed by atoms with Crippen molar-refractivity contribution in [2.24, 2.45) is 0 Å². The number of pyridine rings is 1. The van der Waals surface area contributed by atoms with E-state index in [1.54, 1.807) is 36.0 Å². The summed E-state index contributed by atoms with van der Waals surface area (Å²) in [5.74, 6) is -0.456. The van der Waals surface area contributed by atoms with Gasteiger partial charge in [0.2, 0.25) is 5.91 Å². The van der Waals surface area contributed by atoms with Crippen molar-refractivity contribution in [2.75, 3.05) is 25.0 Å². The summed E-state index contributed by atoms with van der Waals surface area (Å²) >= 11 is 0. The van der Waals surface area contributed by atoms with E-state index in [0.717, 1.165) is 0 Å². The predicted octanol–water partition coefficient (Wildman–Crippen LogP) is 3.31. The molecule has 1 fully saturated rings. The summed E-state index contributed by atoms with van der Waals surface area (Å²) in [7, 11) is 1.78. The van der Waals surface area contributed by atoms with Gasteiger partial charge < -0.3 is 9.80 Å². The van der Waals surface area contributed by atoms with Crippen LogP contribution in [0.2, 0.25) is 0 Å². The molecular weight excluding hydrogens is 416 g/mol. The van der Waals surface area contributed by atoms with Crippen molar-refractivity contribution >= 4 is 17.4 Å². The topological polar surface area (TPSA) is 66.6 Å². The third-order valence-electron chi connectivity index (χ3n) is 5.35. The van der Waals surface area contributed by atoms with Gasteiger partial charge in [-0.05, 0) is 31.0 Å². The van der Waals surface area contributed by atoms with E-state index in [2.05, 4.69) is 15.0 Å². The molecule has 4 rings (SSSR count). The quantitative estimate of drug-likeness (QED) is 0.587. The predicted molar refractivity (Wildman–Crippen MR) is 105 cm³/mol. The number of imidazole rings is 1. The molecule has 1 aliphatic heterocycles. The molecule has 1 saturated heterocycles. The second-order valence-electron chi connectivity index (χ2n) is 7.50. The molecule has 31 heavy (non-hydrogen) atoms. The molecule has 0 bridgehead atoms. The molecule has 3 aromatic heterocycles. The van der Waals surface area contributed by atoms with Crippen LogP contribution in [0.1, 0.15) is 19.3 Å². The zero-order chi connectivity index (χ0) is 22.2. The van der Waals surface area contributed by atoms with Crippen LogP contribution in [0.15, 0.2) is 36.8 Å². The Balaban J connectivity index is 1.54. The highest BCUT2D eigenvalue weighted by molar-refractivity contribution is 5.77. The molecular formula is C20H20F4N6O. The molecule has 164 valence electrons. The summed E-state index contributed by atoms with van der Waals surface area (Å²) in [6.07, 6.45) is -0.260. The Labute approximate surface area is 175 Å². The molecule has 7 nitrogen and oxygen atoms in total. The van der Waals surface area contributed by atoms with E-state index in [4.69, 9.17) is 0 Å². The van der Waals surface area contributed by atoms with Crippen LogP contribution in [-0.2, 0) is 4.79 Å². The second kappa shape index (κ2) is 8.12. The molecule has 0 aliphatic carbocycles. The van der Waals surface area contributed by atoms with Crippen LogP contribution < -0.4 is 4.90 Å². The number of hydrogen-bond donors (Lipinski definition) is 0. The van der Waals surface area contributed by atoms with Crippen LogP contribution in [0.25, 0.3) is 17.2 Å². The molecule has 0 saturated carbocycles. The maximum Gasteiger partial charge on any atom is 0.397 e. The number of nitrogens with zero attached hydrogens (tertiary/aromatic N) is 6. The van der Waals surface area contributed by atoms with Crippen LogP contribution >= 0.6 is 0 Å². The summed E-state index contributed by atoms with van der Waals surface area (Å²) in [6.45, 7) is 0.493. The van der Waals surface area contributed by atoms with E-state index in [1.807, 2.05) is 4.90 Å². The fourth-order valence-corrected chi connectivity index (χ4v) is 3.76. The van der Waals surface area contributed by atoms with Crippen LogP contribution in [0.5, 0.6) is 0 Å². The average molecular weight is 436 g/mol. The van der Waals surface area contributed by atoms with Crippen molar-refractivity contribution in [2.45, 2.75) is 31.5 Å². The number of likely N-dealkylation sites (N-methyl/N-ethyl adjacent to an activating group) is 1. The lowest BCUT2D eigenvalue weighted by Crippen LogP contribution is -2.49. The Morgan fingerprint density at radius 1 is 1.26 bits per heavy atom. The first-order valence-electron chi connectivity index (χ1n) is 9.75. The van der Waals surface area contributed by atoms with Gasteiger partial charge >= 0.3 is 6.18 Å². The molecule has 0 N–H and O–H groups in total. The fraction of sp³-hybridized carbons (Fsp3) is 0.400. The number of rotatable bonds is 4. The largest absolute Gasteiger partial charge is 0.397 e. The molecule has 11 heteroatoms. The molecule has 1 aliphatic rings. The molecule has 3 aromatic rings. The number of halogens is 4. The van der Waals surface area contributed by atoms with Crippen LogP contribution in [-0.4, -0.2) is 62.5 Å². The first-order valence-corrected chi connectivity index (χ1v) is 9.75. The maximum atomic E-state index is 13.7. The van der Waals surface area contributed by atoms with Crippen molar-refractivity contribution in [3.8, 4) is 11.5 Å². The highest BCUT2D eigenvalue weighted by atomic mass is 19.4. The van der Waals surface area contributed by atoms with E-state index in [-0.39, 0.29) is 12.6 Å². The minimum atomic E-state index is -4.52. The van der Waals surface area contributed by atoms with E-state index in [0.29, 0.717) is 42.4 Å². The number of aromatic nitrogens is 4. The first-order chi connectivity index (χ1) is 14.7. The van der Waals surface area contributed by atoms with Gasteiger partial charge in [-0.25, -0.2) is 19.3 Å². The summed E-state index contributed by atoms with van der Waals surface area (Å²) in [4.78, 5) is 28.1. The van der Waals surface area contributed by atoms with Crippen molar-refractivity contribution in [3.63, 3.8) is 0 Å².